The zero-order chi connectivity index (χ0) is 18.8. The SMILES string of the molecule is CC(C)(C)OC(=O)N1CCN(C(=O)c2ccc(N)c([N+](=O)[O-])c2)CC1. The number of carbonyl (C=O) groups excluding carboxylic acids is 2. The summed E-state index contributed by atoms with van der Waals surface area (Å²) < 4.78 is 5.31. The number of nitrogen functional groups attached to an aromatic ring is 1. The number of nitro benzene ring substituents is 1. The van der Waals surface area contributed by atoms with Gasteiger partial charge in [-0.2, -0.15) is 0 Å². The third-order valence-electron chi connectivity index (χ3n) is 3.69. The van der Waals surface area contributed by atoms with E-state index in [0.29, 0.717) is 26.2 Å². The largest absolute Gasteiger partial charge is 0.444 e. The fourth-order valence-electron chi connectivity index (χ4n) is 2.44. The zero-order valence-electron chi connectivity index (χ0n) is 14.5. The van der Waals surface area contributed by atoms with Crippen LogP contribution in [-0.4, -0.2) is 58.5 Å². The number of nitro groups is 1. The van der Waals surface area contributed by atoms with Crippen LogP contribution in [0, 0.1) is 10.1 Å². The molecule has 1 heterocycles. The first-order valence-corrected chi connectivity index (χ1v) is 7.89. The Morgan fingerprint density at radius 2 is 1.72 bits per heavy atom. The van der Waals surface area contributed by atoms with Crippen LogP contribution < -0.4 is 5.73 Å². The molecular weight excluding hydrogens is 328 g/mol. The molecule has 0 spiro atoms. The predicted octanol–water partition coefficient (Wildman–Crippen LogP) is 1.87. The lowest BCUT2D eigenvalue weighted by Gasteiger charge is -2.35. The quantitative estimate of drug-likeness (QED) is 0.494. The molecule has 1 aromatic carbocycles. The molecule has 2 rings (SSSR count). The van der Waals surface area contributed by atoms with E-state index in [0.717, 1.165) is 0 Å². The van der Waals surface area contributed by atoms with E-state index in [1.807, 2.05) is 0 Å². The summed E-state index contributed by atoms with van der Waals surface area (Å²) in [4.78, 5) is 38.0. The topological polar surface area (TPSA) is 119 Å². The van der Waals surface area contributed by atoms with Crippen LogP contribution in [-0.2, 0) is 4.74 Å². The Morgan fingerprint density at radius 3 is 2.24 bits per heavy atom. The Bertz CT molecular complexity index is 690. The highest BCUT2D eigenvalue weighted by atomic mass is 16.6. The number of anilines is 1. The molecule has 136 valence electrons. The zero-order valence-corrected chi connectivity index (χ0v) is 14.5. The fraction of sp³-hybridized carbons (Fsp3) is 0.500. The molecule has 0 saturated carbocycles. The van der Waals surface area contributed by atoms with Crippen LogP contribution >= 0.6 is 0 Å². The van der Waals surface area contributed by atoms with E-state index >= 15 is 0 Å². The first-order valence-electron chi connectivity index (χ1n) is 7.89. The second-order valence-corrected chi connectivity index (χ2v) is 6.79. The van der Waals surface area contributed by atoms with Crippen molar-refractivity contribution >= 4 is 23.4 Å². The smallest absolute Gasteiger partial charge is 0.410 e. The lowest BCUT2D eigenvalue weighted by atomic mass is 10.1. The van der Waals surface area contributed by atoms with Crippen LogP contribution in [0.4, 0.5) is 16.2 Å². The molecule has 0 radical (unpaired) electrons. The van der Waals surface area contributed by atoms with Gasteiger partial charge >= 0.3 is 6.09 Å². The molecule has 9 nitrogen and oxygen atoms in total. The van der Waals surface area contributed by atoms with Gasteiger partial charge in [-0.25, -0.2) is 4.79 Å². The summed E-state index contributed by atoms with van der Waals surface area (Å²) >= 11 is 0. The van der Waals surface area contributed by atoms with E-state index in [4.69, 9.17) is 10.5 Å². The molecule has 1 aliphatic heterocycles. The van der Waals surface area contributed by atoms with E-state index in [-0.39, 0.29) is 22.8 Å². The van der Waals surface area contributed by atoms with Crippen LogP contribution in [0.25, 0.3) is 0 Å². The maximum Gasteiger partial charge on any atom is 0.410 e. The van der Waals surface area contributed by atoms with Gasteiger partial charge in [0, 0.05) is 37.8 Å². The monoisotopic (exact) mass is 350 g/mol. The molecule has 1 aliphatic rings. The van der Waals surface area contributed by atoms with Gasteiger partial charge in [0.1, 0.15) is 11.3 Å². The van der Waals surface area contributed by atoms with Crippen molar-refractivity contribution in [1.29, 1.82) is 0 Å². The average Bonchev–Trinajstić information content (AvgIpc) is 2.53. The summed E-state index contributed by atoms with van der Waals surface area (Å²) in [6, 6.07) is 3.99. The summed E-state index contributed by atoms with van der Waals surface area (Å²) in [5.41, 5.74) is 4.89. The van der Waals surface area contributed by atoms with Gasteiger partial charge in [-0.3, -0.25) is 14.9 Å². The molecular formula is C16H22N4O5. The number of piperazine rings is 1. The number of nitrogens with two attached hydrogens (primary N) is 1. The molecule has 9 heteroatoms. The second-order valence-electron chi connectivity index (χ2n) is 6.79. The Hall–Kier alpha value is -2.84. The average molecular weight is 350 g/mol. The summed E-state index contributed by atoms with van der Waals surface area (Å²) in [7, 11) is 0. The summed E-state index contributed by atoms with van der Waals surface area (Å²) in [5, 5.41) is 10.9. The number of rotatable bonds is 2. The first kappa shape index (κ1) is 18.5. The van der Waals surface area contributed by atoms with Crippen molar-refractivity contribution in [3.05, 3.63) is 33.9 Å². The number of hydrogen-bond acceptors (Lipinski definition) is 6. The summed E-state index contributed by atoms with van der Waals surface area (Å²) in [6.45, 7) is 6.72. The van der Waals surface area contributed by atoms with Crippen molar-refractivity contribution in [2.75, 3.05) is 31.9 Å². The van der Waals surface area contributed by atoms with E-state index in [9.17, 15) is 19.7 Å². The molecule has 0 aliphatic carbocycles. The maximum absolute atomic E-state index is 12.5. The number of ether oxygens (including phenoxy) is 1. The standard InChI is InChI=1S/C16H22N4O5/c1-16(2,3)25-15(22)19-8-6-18(7-9-19)14(21)11-4-5-12(17)13(10-11)20(23)24/h4-5,10H,6-9,17H2,1-3H3. The van der Waals surface area contributed by atoms with E-state index in [1.54, 1.807) is 30.6 Å². The van der Waals surface area contributed by atoms with E-state index in [1.165, 1.54) is 18.2 Å². The van der Waals surface area contributed by atoms with Gasteiger partial charge in [0.2, 0.25) is 0 Å². The maximum atomic E-state index is 12.5. The van der Waals surface area contributed by atoms with Crippen LogP contribution in [0.3, 0.4) is 0 Å². The Labute approximate surface area is 145 Å². The number of amides is 2. The van der Waals surface area contributed by atoms with Gasteiger partial charge in [-0.1, -0.05) is 0 Å². The third kappa shape index (κ3) is 4.59. The van der Waals surface area contributed by atoms with Crippen molar-refractivity contribution in [3.8, 4) is 0 Å². The van der Waals surface area contributed by atoms with Crippen molar-refractivity contribution in [2.24, 2.45) is 0 Å². The minimum atomic E-state index is -0.618. The molecule has 25 heavy (non-hydrogen) atoms. The summed E-state index contributed by atoms with van der Waals surface area (Å²) in [5.74, 6) is -0.327. The molecule has 1 aromatic rings. The van der Waals surface area contributed by atoms with Crippen LogP contribution in [0.1, 0.15) is 31.1 Å². The molecule has 2 N–H and O–H groups in total. The van der Waals surface area contributed by atoms with Gasteiger partial charge in [0.05, 0.1) is 4.92 Å². The number of benzene rings is 1. The lowest BCUT2D eigenvalue weighted by Crippen LogP contribution is -2.51. The normalized spacial score (nSPS) is 15.0. The minimum absolute atomic E-state index is 0.0105. The second kappa shape index (κ2) is 6.96. The van der Waals surface area contributed by atoms with Crippen LogP contribution in [0.2, 0.25) is 0 Å². The van der Waals surface area contributed by atoms with Crippen molar-refractivity contribution in [3.63, 3.8) is 0 Å². The molecule has 0 unspecified atom stereocenters. The minimum Gasteiger partial charge on any atom is -0.444 e. The highest BCUT2D eigenvalue weighted by Gasteiger charge is 2.28. The van der Waals surface area contributed by atoms with Crippen molar-refractivity contribution in [2.45, 2.75) is 26.4 Å². The number of hydrogen-bond donors (Lipinski definition) is 1. The van der Waals surface area contributed by atoms with Gasteiger partial charge < -0.3 is 20.3 Å². The molecule has 1 saturated heterocycles. The Morgan fingerprint density at radius 1 is 1.16 bits per heavy atom. The predicted molar refractivity (Wildman–Crippen MR) is 91.2 cm³/mol. The number of nitrogens with zero attached hydrogens (tertiary/aromatic N) is 3. The lowest BCUT2D eigenvalue weighted by molar-refractivity contribution is -0.383. The van der Waals surface area contributed by atoms with Crippen LogP contribution in [0.5, 0.6) is 0 Å². The highest BCUT2D eigenvalue weighted by Crippen LogP contribution is 2.23. The van der Waals surface area contributed by atoms with Crippen molar-refractivity contribution in [1.82, 2.24) is 9.80 Å². The van der Waals surface area contributed by atoms with Crippen molar-refractivity contribution < 1.29 is 19.2 Å². The molecule has 0 bridgehead atoms. The molecule has 0 atom stereocenters. The third-order valence-corrected chi connectivity index (χ3v) is 3.69. The fourth-order valence-corrected chi connectivity index (χ4v) is 2.44. The first-order chi connectivity index (χ1) is 11.6. The van der Waals surface area contributed by atoms with Gasteiger partial charge in [-0.15, -0.1) is 0 Å². The van der Waals surface area contributed by atoms with Gasteiger partial charge in [-0.05, 0) is 32.9 Å². The van der Waals surface area contributed by atoms with Gasteiger partial charge in [0.15, 0.2) is 0 Å². The van der Waals surface area contributed by atoms with E-state index in [2.05, 4.69) is 0 Å². The number of carbonyl (C=O) groups is 2. The van der Waals surface area contributed by atoms with Crippen LogP contribution in [0.15, 0.2) is 18.2 Å². The Kier molecular flexibility index (Phi) is 5.15. The Balaban J connectivity index is 2.01. The molecule has 2 amide bonds. The van der Waals surface area contributed by atoms with E-state index < -0.39 is 16.6 Å². The summed E-state index contributed by atoms with van der Waals surface area (Å²) in [6.07, 6.45) is -0.414. The highest BCUT2D eigenvalue weighted by molar-refractivity contribution is 5.95. The molecule has 1 fully saturated rings. The molecule has 0 aromatic heterocycles. The van der Waals surface area contributed by atoms with Gasteiger partial charge in [0.25, 0.3) is 11.6 Å².